The molecular formula is C24H21ClF4N2O4S. The predicted octanol–water partition coefficient (Wildman–Crippen LogP) is 5.38. The number of anilines is 1. The molecule has 12 heteroatoms. The van der Waals surface area contributed by atoms with E-state index < -0.39 is 40.0 Å². The summed E-state index contributed by atoms with van der Waals surface area (Å²) < 4.78 is 85.3. The summed E-state index contributed by atoms with van der Waals surface area (Å²) in [6, 6.07) is 14.7. The number of methoxy groups -OCH3 is 1. The second-order valence-electron chi connectivity index (χ2n) is 7.61. The lowest BCUT2D eigenvalue weighted by Gasteiger charge is -2.22. The fraction of sp³-hybridized carbons (Fsp3) is 0.208. The number of sulfonamides is 1. The molecule has 3 aromatic carbocycles. The van der Waals surface area contributed by atoms with Crippen LogP contribution in [0.1, 0.15) is 11.1 Å². The van der Waals surface area contributed by atoms with Crippen molar-refractivity contribution in [2.24, 2.45) is 0 Å². The molecule has 0 aromatic heterocycles. The summed E-state index contributed by atoms with van der Waals surface area (Å²) in [5, 5.41) is 2.24. The van der Waals surface area contributed by atoms with Crippen LogP contribution in [0.25, 0.3) is 0 Å². The molecule has 0 aliphatic carbocycles. The summed E-state index contributed by atoms with van der Waals surface area (Å²) in [6.45, 7) is -0.821. The molecule has 0 atom stereocenters. The lowest BCUT2D eigenvalue weighted by atomic mass is 10.1. The Morgan fingerprint density at radius 2 is 1.75 bits per heavy atom. The first-order chi connectivity index (χ1) is 16.9. The maximum atomic E-state index is 13.6. The van der Waals surface area contributed by atoms with Gasteiger partial charge in [0.05, 0.1) is 29.1 Å². The minimum atomic E-state index is -4.97. The van der Waals surface area contributed by atoms with Gasteiger partial charge in [-0.3, -0.25) is 4.79 Å². The average molecular weight is 545 g/mol. The summed E-state index contributed by atoms with van der Waals surface area (Å²) in [5.41, 5.74) is -1.08. The highest BCUT2D eigenvalue weighted by atomic mass is 35.5. The Bertz CT molecular complexity index is 1340. The molecule has 3 rings (SSSR count). The van der Waals surface area contributed by atoms with Crippen LogP contribution in [0.4, 0.5) is 23.2 Å². The molecule has 192 valence electrons. The van der Waals surface area contributed by atoms with E-state index in [9.17, 15) is 30.8 Å². The van der Waals surface area contributed by atoms with Crippen LogP contribution in [0, 0.1) is 5.82 Å². The van der Waals surface area contributed by atoms with Crippen molar-refractivity contribution in [2.75, 3.05) is 25.5 Å². The first-order valence-electron chi connectivity index (χ1n) is 10.5. The number of alkyl halides is 3. The topological polar surface area (TPSA) is 75.7 Å². The second-order valence-corrected chi connectivity index (χ2v) is 9.96. The van der Waals surface area contributed by atoms with E-state index in [4.69, 9.17) is 16.3 Å². The Morgan fingerprint density at radius 1 is 1.06 bits per heavy atom. The van der Waals surface area contributed by atoms with E-state index in [-0.39, 0.29) is 34.3 Å². The first-order valence-corrected chi connectivity index (χ1v) is 12.3. The molecule has 0 saturated heterocycles. The first kappa shape index (κ1) is 27.4. The molecule has 6 nitrogen and oxygen atoms in total. The summed E-state index contributed by atoms with van der Waals surface area (Å²) in [4.78, 5) is 12.5. The minimum absolute atomic E-state index is 0.0389. The Morgan fingerprint density at radius 3 is 2.36 bits per heavy atom. The van der Waals surface area contributed by atoms with Gasteiger partial charge in [0, 0.05) is 12.2 Å². The largest absolute Gasteiger partial charge is 0.495 e. The molecule has 1 N–H and O–H groups in total. The third-order valence-electron chi connectivity index (χ3n) is 5.13. The molecule has 0 heterocycles. The van der Waals surface area contributed by atoms with Crippen molar-refractivity contribution in [1.82, 2.24) is 4.31 Å². The highest BCUT2D eigenvalue weighted by Crippen LogP contribution is 2.33. The van der Waals surface area contributed by atoms with Crippen LogP contribution in [-0.2, 0) is 27.4 Å². The summed E-state index contributed by atoms with van der Waals surface area (Å²) in [7, 11) is -2.89. The van der Waals surface area contributed by atoms with Gasteiger partial charge in [-0.25, -0.2) is 12.8 Å². The quantitative estimate of drug-likeness (QED) is 0.367. The van der Waals surface area contributed by atoms with Gasteiger partial charge in [-0.2, -0.15) is 17.5 Å². The van der Waals surface area contributed by atoms with Gasteiger partial charge in [0.2, 0.25) is 15.9 Å². The highest BCUT2D eigenvalue weighted by Gasteiger charge is 2.34. The smallest absolute Gasteiger partial charge is 0.419 e. The molecule has 1 amide bonds. The van der Waals surface area contributed by atoms with Crippen LogP contribution in [0.2, 0.25) is 5.02 Å². The minimum Gasteiger partial charge on any atom is -0.495 e. The molecule has 0 aliphatic heterocycles. The predicted molar refractivity (Wildman–Crippen MR) is 127 cm³/mol. The van der Waals surface area contributed by atoms with E-state index in [0.29, 0.717) is 12.1 Å². The maximum Gasteiger partial charge on any atom is 0.419 e. The number of halogens is 5. The van der Waals surface area contributed by atoms with E-state index in [1.165, 1.54) is 25.3 Å². The van der Waals surface area contributed by atoms with Crippen molar-refractivity contribution in [3.05, 3.63) is 88.7 Å². The summed E-state index contributed by atoms with van der Waals surface area (Å²) >= 11 is 6.08. The van der Waals surface area contributed by atoms with Gasteiger partial charge in [0.1, 0.15) is 11.6 Å². The molecule has 0 unspecified atom stereocenters. The van der Waals surface area contributed by atoms with Crippen LogP contribution in [0.3, 0.4) is 0 Å². The molecule has 0 spiro atoms. The van der Waals surface area contributed by atoms with Crippen LogP contribution >= 0.6 is 11.6 Å². The van der Waals surface area contributed by atoms with Crippen LogP contribution in [0.15, 0.2) is 71.6 Å². The Hall–Kier alpha value is -3.15. The van der Waals surface area contributed by atoms with E-state index in [1.807, 2.05) is 0 Å². The number of carbonyl (C=O) groups is 1. The van der Waals surface area contributed by atoms with Crippen molar-refractivity contribution < 1.29 is 35.5 Å². The number of carbonyl (C=O) groups excluding carboxylic acids is 1. The van der Waals surface area contributed by atoms with Crippen molar-refractivity contribution in [2.45, 2.75) is 17.5 Å². The van der Waals surface area contributed by atoms with E-state index in [1.54, 1.807) is 30.3 Å². The SMILES string of the molecule is COc1ccc(S(=O)(=O)N(CCc2ccccc2)CC(=O)Nc2ccc(F)c(C(F)(F)F)c2)cc1Cl. The number of ether oxygens (including phenoxy) is 1. The Balaban J connectivity index is 1.87. The molecule has 0 saturated carbocycles. The zero-order valence-corrected chi connectivity index (χ0v) is 20.4. The average Bonchev–Trinajstić information content (AvgIpc) is 2.82. The van der Waals surface area contributed by atoms with Crippen molar-refractivity contribution in [1.29, 1.82) is 0 Å². The maximum absolute atomic E-state index is 13.6. The molecule has 0 bridgehead atoms. The van der Waals surface area contributed by atoms with Gasteiger partial charge in [-0.05, 0) is 48.4 Å². The fourth-order valence-corrected chi connectivity index (χ4v) is 5.07. The van der Waals surface area contributed by atoms with Crippen LogP contribution in [-0.4, -0.2) is 38.8 Å². The highest BCUT2D eigenvalue weighted by molar-refractivity contribution is 7.89. The van der Waals surface area contributed by atoms with Crippen LogP contribution in [0.5, 0.6) is 5.75 Å². The van der Waals surface area contributed by atoms with Crippen molar-refractivity contribution in [3.8, 4) is 5.75 Å². The second kappa shape index (κ2) is 11.3. The van der Waals surface area contributed by atoms with E-state index in [0.717, 1.165) is 15.9 Å². The van der Waals surface area contributed by atoms with Gasteiger partial charge < -0.3 is 10.1 Å². The number of benzene rings is 3. The molecule has 0 fully saturated rings. The number of nitrogens with one attached hydrogen (secondary N) is 1. The molecular weight excluding hydrogens is 524 g/mol. The van der Waals surface area contributed by atoms with Gasteiger partial charge in [-0.15, -0.1) is 0 Å². The number of hydrogen-bond donors (Lipinski definition) is 1. The molecule has 3 aromatic rings. The molecule has 36 heavy (non-hydrogen) atoms. The monoisotopic (exact) mass is 544 g/mol. The lowest BCUT2D eigenvalue weighted by molar-refractivity contribution is -0.140. The standard InChI is InChI=1S/C24H21ClF4N2O4S/c1-35-22-10-8-18(14-20(22)25)36(33,34)31(12-11-16-5-3-2-4-6-16)15-23(32)30-17-7-9-21(26)19(13-17)24(27,28)29/h2-10,13-14H,11-12,15H2,1H3,(H,30,32). The number of nitrogens with zero attached hydrogens (tertiary/aromatic N) is 1. The zero-order valence-electron chi connectivity index (χ0n) is 18.9. The van der Waals surface area contributed by atoms with Gasteiger partial charge in [0.15, 0.2) is 0 Å². The van der Waals surface area contributed by atoms with Gasteiger partial charge >= 0.3 is 6.18 Å². The molecule has 0 radical (unpaired) electrons. The number of amides is 1. The zero-order chi connectivity index (χ0) is 26.5. The fourth-order valence-electron chi connectivity index (χ4n) is 3.32. The normalized spacial score (nSPS) is 12.0. The number of rotatable bonds is 9. The van der Waals surface area contributed by atoms with Crippen molar-refractivity contribution >= 4 is 33.2 Å². The Labute approximate surface area is 210 Å². The van der Waals surface area contributed by atoms with E-state index >= 15 is 0 Å². The summed E-state index contributed by atoms with van der Waals surface area (Å²) in [5.74, 6) is -2.16. The summed E-state index contributed by atoms with van der Waals surface area (Å²) in [6.07, 6.45) is -4.71. The van der Waals surface area contributed by atoms with E-state index in [2.05, 4.69) is 5.32 Å². The van der Waals surface area contributed by atoms with Crippen molar-refractivity contribution in [3.63, 3.8) is 0 Å². The van der Waals surface area contributed by atoms with Gasteiger partial charge in [-0.1, -0.05) is 41.9 Å². The molecule has 0 aliphatic rings. The van der Waals surface area contributed by atoms with Crippen LogP contribution < -0.4 is 10.1 Å². The Kier molecular flexibility index (Phi) is 8.59. The third kappa shape index (κ3) is 6.74. The lowest BCUT2D eigenvalue weighted by Crippen LogP contribution is -2.39. The third-order valence-corrected chi connectivity index (χ3v) is 7.27. The van der Waals surface area contributed by atoms with Gasteiger partial charge in [0.25, 0.3) is 0 Å². The number of hydrogen-bond acceptors (Lipinski definition) is 4.